The Morgan fingerprint density at radius 2 is 1.88 bits per heavy atom. The van der Waals surface area contributed by atoms with Crippen LogP contribution in [0.25, 0.3) is 0 Å². The van der Waals surface area contributed by atoms with Crippen molar-refractivity contribution >= 4 is 28.7 Å². The van der Waals surface area contributed by atoms with Crippen LogP contribution in [0.4, 0.5) is 17.1 Å². The van der Waals surface area contributed by atoms with Crippen molar-refractivity contribution in [2.45, 2.75) is 6.92 Å². The third-order valence-corrected chi connectivity index (χ3v) is 2.82. The van der Waals surface area contributed by atoms with Gasteiger partial charge in [0.05, 0.1) is 11.4 Å². The van der Waals surface area contributed by atoms with Crippen molar-refractivity contribution in [2.75, 3.05) is 11.1 Å². The number of aryl methyl sites for hydroxylation is 1. The van der Waals surface area contributed by atoms with Crippen LogP contribution in [0.3, 0.4) is 0 Å². The minimum atomic E-state index is 0.721. The quantitative estimate of drug-likeness (QED) is 0.769. The van der Waals surface area contributed by atoms with Crippen molar-refractivity contribution in [3.8, 4) is 0 Å². The first-order valence-electron chi connectivity index (χ1n) is 5.04. The zero-order chi connectivity index (χ0) is 11.5. The molecule has 3 heteroatoms. The van der Waals surface area contributed by atoms with Gasteiger partial charge in [0.2, 0.25) is 0 Å². The van der Waals surface area contributed by atoms with Crippen molar-refractivity contribution in [1.29, 1.82) is 0 Å². The molecule has 0 spiro atoms. The first kappa shape index (κ1) is 10.8. The number of hydrogen-bond acceptors (Lipinski definition) is 2. The second-order valence-corrected chi connectivity index (χ2v) is 4.08. The Morgan fingerprint density at radius 3 is 2.56 bits per heavy atom. The number of nitrogen functional groups attached to an aromatic ring is 1. The zero-order valence-electron chi connectivity index (χ0n) is 9.00. The van der Waals surface area contributed by atoms with Crippen molar-refractivity contribution < 1.29 is 0 Å². The van der Waals surface area contributed by atoms with Gasteiger partial charge in [0, 0.05) is 10.7 Å². The molecule has 0 aliphatic rings. The summed E-state index contributed by atoms with van der Waals surface area (Å²) in [6.07, 6.45) is 0. The van der Waals surface area contributed by atoms with Gasteiger partial charge in [-0.1, -0.05) is 29.8 Å². The molecule has 0 bridgehead atoms. The molecular formula is C13H13ClN2. The predicted molar refractivity (Wildman–Crippen MR) is 70.3 cm³/mol. The number of rotatable bonds is 2. The predicted octanol–water partition coefficient (Wildman–Crippen LogP) is 3.97. The lowest BCUT2D eigenvalue weighted by atomic mass is 10.2. The van der Waals surface area contributed by atoms with E-state index in [2.05, 4.69) is 5.32 Å². The lowest BCUT2D eigenvalue weighted by Gasteiger charge is -2.09. The Hall–Kier alpha value is -1.67. The van der Waals surface area contributed by atoms with Crippen molar-refractivity contribution in [3.63, 3.8) is 0 Å². The third-order valence-electron chi connectivity index (χ3n) is 2.41. The van der Waals surface area contributed by atoms with Gasteiger partial charge in [-0.15, -0.1) is 0 Å². The highest BCUT2D eigenvalue weighted by Gasteiger charge is 2.00. The highest BCUT2D eigenvalue weighted by atomic mass is 35.5. The van der Waals surface area contributed by atoms with E-state index in [0.717, 1.165) is 27.6 Å². The van der Waals surface area contributed by atoms with Gasteiger partial charge in [0.25, 0.3) is 0 Å². The molecule has 0 atom stereocenters. The average molecular weight is 233 g/mol. The summed E-state index contributed by atoms with van der Waals surface area (Å²) in [5.74, 6) is 0. The SMILES string of the molecule is Cc1ccc(Nc2ccccc2N)cc1Cl. The Labute approximate surface area is 100 Å². The summed E-state index contributed by atoms with van der Waals surface area (Å²) in [5, 5.41) is 3.98. The fourth-order valence-electron chi connectivity index (χ4n) is 1.44. The molecular weight excluding hydrogens is 220 g/mol. The minimum Gasteiger partial charge on any atom is -0.397 e. The highest BCUT2D eigenvalue weighted by molar-refractivity contribution is 6.31. The fourth-order valence-corrected chi connectivity index (χ4v) is 1.62. The van der Waals surface area contributed by atoms with Crippen LogP contribution in [-0.4, -0.2) is 0 Å². The van der Waals surface area contributed by atoms with E-state index < -0.39 is 0 Å². The second kappa shape index (κ2) is 4.45. The van der Waals surface area contributed by atoms with Gasteiger partial charge in [-0.3, -0.25) is 0 Å². The van der Waals surface area contributed by atoms with Gasteiger partial charge in [-0.05, 0) is 36.8 Å². The molecule has 0 unspecified atom stereocenters. The molecule has 82 valence electrons. The summed E-state index contributed by atoms with van der Waals surface area (Å²) < 4.78 is 0. The number of para-hydroxylation sites is 2. The topological polar surface area (TPSA) is 38.0 Å². The number of benzene rings is 2. The number of nitrogens with one attached hydrogen (secondary N) is 1. The summed E-state index contributed by atoms with van der Waals surface area (Å²) in [7, 11) is 0. The summed E-state index contributed by atoms with van der Waals surface area (Å²) >= 11 is 6.05. The molecule has 2 aromatic carbocycles. The van der Waals surface area contributed by atoms with Crippen molar-refractivity contribution in [1.82, 2.24) is 0 Å². The maximum absolute atomic E-state index is 6.05. The summed E-state index contributed by atoms with van der Waals surface area (Å²) in [6, 6.07) is 13.5. The van der Waals surface area contributed by atoms with Gasteiger partial charge in [0.15, 0.2) is 0 Å². The molecule has 0 fully saturated rings. The van der Waals surface area contributed by atoms with E-state index >= 15 is 0 Å². The molecule has 2 nitrogen and oxygen atoms in total. The molecule has 2 rings (SSSR count). The molecule has 0 radical (unpaired) electrons. The van der Waals surface area contributed by atoms with Crippen LogP contribution in [0.2, 0.25) is 5.02 Å². The van der Waals surface area contributed by atoms with Crippen LogP contribution in [0.15, 0.2) is 42.5 Å². The highest BCUT2D eigenvalue weighted by Crippen LogP contribution is 2.25. The van der Waals surface area contributed by atoms with Gasteiger partial charge in [0.1, 0.15) is 0 Å². The third kappa shape index (κ3) is 2.28. The van der Waals surface area contributed by atoms with E-state index in [1.54, 1.807) is 0 Å². The largest absolute Gasteiger partial charge is 0.397 e. The lowest BCUT2D eigenvalue weighted by Crippen LogP contribution is -1.95. The van der Waals surface area contributed by atoms with E-state index in [1.807, 2.05) is 49.4 Å². The van der Waals surface area contributed by atoms with E-state index in [4.69, 9.17) is 17.3 Å². The summed E-state index contributed by atoms with van der Waals surface area (Å²) in [5.41, 5.74) is 9.46. The number of anilines is 3. The Morgan fingerprint density at radius 1 is 1.12 bits per heavy atom. The zero-order valence-corrected chi connectivity index (χ0v) is 9.75. The smallest absolute Gasteiger partial charge is 0.0617 e. The molecule has 16 heavy (non-hydrogen) atoms. The number of hydrogen-bond donors (Lipinski definition) is 2. The van der Waals surface area contributed by atoms with Crippen molar-refractivity contribution in [2.24, 2.45) is 0 Å². The van der Waals surface area contributed by atoms with Gasteiger partial charge >= 0.3 is 0 Å². The van der Waals surface area contributed by atoms with Gasteiger partial charge in [-0.25, -0.2) is 0 Å². The molecule has 0 saturated heterocycles. The molecule has 0 aromatic heterocycles. The molecule has 0 aliphatic carbocycles. The molecule has 0 aliphatic heterocycles. The average Bonchev–Trinajstić information content (AvgIpc) is 2.27. The van der Waals surface area contributed by atoms with E-state index in [1.165, 1.54) is 0 Å². The van der Waals surface area contributed by atoms with Crippen LogP contribution in [0.1, 0.15) is 5.56 Å². The standard InChI is InChI=1S/C13H13ClN2/c1-9-6-7-10(8-11(9)14)16-13-5-3-2-4-12(13)15/h2-8,16H,15H2,1H3. The van der Waals surface area contributed by atoms with Gasteiger partial charge in [-0.2, -0.15) is 0 Å². The van der Waals surface area contributed by atoms with Crippen LogP contribution in [-0.2, 0) is 0 Å². The van der Waals surface area contributed by atoms with E-state index in [-0.39, 0.29) is 0 Å². The van der Waals surface area contributed by atoms with Crippen LogP contribution in [0.5, 0.6) is 0 Å². The summed E-state index contributed by atoms with van der Waals surface area (Å²) in [4.78, 5) is 0. The maximum Gasteiger partial charge on any atom is 0.0617 e. The van der Waals surface area contributed by atoms with E-state index in [9.17, 15) is 0 Å². The second-order valence-electron chi connectivity index (χ2n) is 3.68. The van der Waals surface area contributed by atoms with Crippen LogP contribution < -0.4 is 11.1 Å². The number of halogens is 1. The lowest BCUT2D eigenvalue weighted by molar-refractivity contribution is 1.45. The Bertz CT molecular complexity index is 509. The van der Waals surface area contributed by atoms with Crippen LogP contribution >= 0.6 is 11.6 Å². The normalized spacial score (nSPS) is 10.1. The first-order chi connectivity index (χ1) is 7.66. The molecule has 2 aromatic rings. The maximum atomic E-state index is 6.05. The number of nitrogens with two attached hydrogens (primary N) is 1. The molecule has 0 heterocycles. The fraction of sp³-hybridized carbons (Fsp3) is 0.0769. The molecule has 0 amide bonds. The monoisotopic (exact) mass is 232 g/mol. The molecule has 3 N–H and O–H groups in total. The summed E-state index contributed by atoms with van der Waals surface area (Å²) in [6.45, 7) is 1.98. The van der Waals surface area contributed by atoms with Crippen LogP contribution in [0, 0.1) is 6.92 Å². The van der Waals surface area contributed by atoms with Gasteiger partial charge < -0.3 is 11.1 Å². The minimum absolute atomic E-state index is 0.721. The Balaban J connectivity index is 2.28. The Kier molecular flexibility index (Phi) is 3.02. The molecule has 0 saturated carbocycles. The first-order valence-corrected chi connectivity index (χ1v) is 5.42. The van der Waals surface area contributed by atoms with Crippen molar-refractivity contribution in [3.05, 3.63) is 53.1 Å². The van der Waals surface area contributed by atoms with E-state index in [0.29, 0.717) is 0 Å².